The molecule has 1 aromatic heterocycles. The quantitative estimate of drug-likeness (QED) is 0.181. The Morgan fingerprint density at radius 2 is 1.88 bits per heavy atom. The lowest BCUT2D eigenvalue weighted by Gasteiger charge is -2.07. The van der Waals surface area contributed by atoms with Crippen LogP contribution in [-0.2, 0) is 13.0 Å². The van der Waals surface area contributed by atoms with Crippen LogP contribution in [0.3, 0.4) is 0 Å². The summed E-state index contributed by atoms with van der Waals surface area (Å²) in [6.45, 7) is 4.29. The van der Waals surface area contributed by atoms with Gasteiger partial charge in [-0.15, -0.1) is 0 Å². The van der Waals surface area contributed by atoms with Gasteiger partial charge in [0.15, 0.2) is 17.5 Å². The molecule has 0 aliphatic heterocycles. The van der Waals surface area contributed by atoms with Gasteiger partial charge in [0.25, 0.3) is 0 Å². The van der Waals surface area contributed by atoms with E-state index in [9.17, 15) is 22.8 Å². The summed E-state index contributed by atoms with van der Waals surface area (Å²) in [7, 11) is 0.500. The minimum Gasteiger partial charge on any atom is -0.399 e. The molecule has 9 heteroatoms. The number of halogens is 4. The SMILES string of the molecule is C=C(N)/C=C/c1ccc(Cc2ccc(F)c(F)c2F)cc1C#N.CF.SNCc1cccnc1. The van der Waals surface area contributed by atoms with Gasteiger partial charge in [-0.1, -0.05) is 49.7 Å². The highest BCUT2D eigenvalue weighted by molar-refractivity contribution is 7.78. The number of aromatic nitrogens is 1. The number of hydrogen-bond donors (Lipinski definition) is 3. The van der Waals surface area contributed by atoms with Crippen molar-refractivity contribution in [1.82, 2.24) is 9.71 Å². The molecule has 0 fully saturated rings. The van der Waals surface area contributed by atoms with E-state index in [0.717, 1.165) is 18.2 Å². The Balaban J connectivity index is 0.000000437. The number of nitrogens with two attached hydrogens (primary N) is 1. The molecule has 0 radical (unpaired) electrons. The highest BCUT2D eigenvalue weighted by Gasteiger charge is 2.14. The van der Waals surface area contributed by atoms with Crippen LogP contribution in [0.15, 0.2) is 73.2 Å². The maximum Gasteiger partial charge on any atom is 0.194 e. The highest BCUT2D eigenvalue weighted by atomic mass is 32.1. The molecule has 0 unspecified atom stereocenters. The predicted octanol–water partition coefficient (Wildman–Crippen LogP) is 5.65. The van der Waals surface area contributed by atoms with Gasteiger partial charge in [0.05, 0.1) is 18.8 Å². The molecule has 4 nitrogen and oxygen atoms in total. The van der Waals surface area contributed by atoms with Crippen LogP contribution in [0.5, 0.6) is 0 Å². The monoisotopic (exact) mass is 488 g/mol. The van der Waals surface area contributed by atoms with Gasteiger partial charge in [-0.05, 0) is 46.5 Å². The summed E-state index contributed by atoms with van der Waals surface area (Å²) in [5, 5.41) is 9.19. The summed E-state index contributed by atoms with van der Waals surface area (Å²) in [5.74, 6) is -3.94. The van der Waals surface area contributed by atoms with Gasteiger partial charge in [0, 0.05) is 31.1 Å². The molecule has 178 valence electrons. The fourth-order valence-electron chi connectivity index (χ4n) is 2.67. The Labute approximate surface area is 202 Å². The third-order valence-electron chi connectivity index (χ3n) is 4.23. The van der Waals surface area contributed by atoms with Crippen molar-refractivity contribution in [3.8, 4) is 6.07 Å². The van der Waals surface area contributed by atoms with E-state index in [2.05, 4.69) is 29.1 Å². The van der Waals surface area contributed by atoms with Crippen molar-refractivity contribution in [2.45, 2.75) is 13.0 Å². The number of alkyl halides is 1. The molecule has 2 aromatic carbocycles. The van der Waals surface area contributed by atoms with Crippen molar-refractivity contribution in [2.75, 3.05) is 7.18 Å². The van der Waals surface area contributed by atoms with Crippen LogP contribution >= 0.6 is 12.8 Å². The molecule has 3 rings (SSSR count). The Hall–Kier alpha value is -3.61. The van der Waals surface area contributed by atoms with Crippen LogP contribution in [0.4, 0.5) is 17.6 Å². The van der Waals surface area contributed by atoms with Crippen molar-refractivity contribution >= 4 is 18.9 Å². The number of pyridine rings is 1. The molecular weight excluding hydrogens is 464 g/mol. The third-order valence-corrected chi connectivity index (χ3v) is 4.39. The summed E-state index contributed by atoms with van der Waals surface area (Å²) in [4.78, 5) is 3.93. The maximum atomic E-state index is 13.7. The Bertz CT molecular complexity index is 1150. The molecule has 0 saturated carbocycles. The maximum absolute atomic E-state index is 13.7. The number of nitrogens with one attached hydrogen (secondary N) is 1. The van der Waals surface area contributed by atoms with Crippen LogP contribution in [0.1, 0.15) is 27.8 Å². The fourth-order valence-corrected chi connectivity index (χ4v) is 2.85. The van der Waals surface area contributed by atoms with Crippen LogP contribution < -0.4 is 10.5 Å². The summed E-state index contributed by atoms with van der Waals surface area (Å²) in [6, 6.07) is 12.9. The zero-order valence-electron chi connectivity index (χ0n) is 18.4. The summed E-state index contributed by atoms with van der Waals surface area (Å²) in [5.41, 5.74) is 8.55. The molecule has 1 heterocycles. The van der Waals surface area contributed by atoms with Crippen LogP contribution in [-0.4, -0.2) is 12.2 Å². The van der Waals surface area contributed by atoms with Crippen LogP contribution in [0.25, 0.3) is 6.08 Å². The molecule has 0 aliphatic rings. The van der Waals surface area contributed by atoms with Crippen molar-refractivity contribution in [2.24, 2.45) is 5.73 Å². The number of hydrogen-bond acceptors (Lipinski definition) is 5. The van der Waals surface area contributed by atoms with E-state index < -0.39 is 17.5 Å². The molecule has 3 aromatic rings. The minimum atomic E-state index is -1.50. The largest absolute Gasteiger partial charge is 0.399 e. The van der Waals surface area contributed by atoms with E-state index >= 15 is 0 Å². The molecule has 0 bridgehead atoms. The summed E-state index contributed by atoms with van der Waals surface area (Å²) >= 11 is 3.85. The molecule has 3 N–H and O–H groups in total. The lowest BCUT2D eigenvalue weighted by molar-refractivity contribution is 0.442. The summed E-state index contributed by atoms with van der Waals surface area (Å²) < 4.78 is 52.1. The van der Waals surface area contributed by atoms with Crippen LogP contribution in [0.2, 0.25) is 0 Å². The van der Waals surface area contributed by atoms with Gasteiger partial charge >= 0.3 is 0 Å². The average molecular weight is 489 g/mol. The molecule has 0 atom stereocenters. The number of nitriles is 1. The number of nitrogens with zero attached hydrogens (tertiary/aromatic N) is 2. The normalized spacial score (nSPS) is 9.91. The first kappa shape index (κ1) is 28.4. The second-order valence-electron chi connectivity index (χ2n) is 6.65. The molecule has 34 heavy (non-hydrogen) atoms. The van der Waals surface area contributed by atoms with E-state index in [1.807, 2.05) is 24.4 Å². The van der Waals surface area contributed by atoms with Crippen molar-refractivity contribution < 1.29 is 17.6 Å². The number of benzene rings is 2. The zero-order chi connectivity index (χ0) is 25.5. The minimum absolute atomic E-state index is 0.0198. The van der Waals surface area contributed by atoms with E-state index in [1.165, 1.54) is 6.07 Å². The van der Waals surface area contributed by atoms with Crippen molar-refractivity contribution in [3.63, 3.8) is 0 Å². The molecule has 0 aliphatic carbocycles. The second kappa shape index (κ2) is 15.3. The molecular formula is C25H24F4N4S. The Morgan fingerprint density at radius 1 is 1.15 bits per heavy atom. The fraction of sp³-hybridized carbons (Fsp3) is 0.120. The number of allylic oxidation sites excluding steroid dienone is 1. The van der Waals surface area contributed by atoms with E-state index in [4.69, 9.17) is 5.73 Å². The first-order valence-electron chi connectivity index (χ1n) is 9.77. The van der Waals surface area contributed by atoms with E-state index in [-0.39, 0.29) is 12.0 Å². The Morgan fingerprint density at radius 3 is 2.47 bits per heavy atom. The van der Waals surface area contributed by atoms with Gasteiger partial charge in [0.2, 0.25) is 0 Å². The lowest BCUT2D eigenvalue weighted by atomic mass is 9.99. The third kappa shape index (κ3) is 9.10. The first-order valence-corrected chi connectivity index (χ1v) is 10.2. The Kier molecular flexibility index (Phi) is 12.8. The average Bonchev–Trinajstić information content (AvgIpc) is 2.86. The standard InChI is InChI=1S/C18H13F3N2.C6H8N2S.CH3F/c1-11(23)2-4-13-5-3-12(9-15(13)10-22)8-14-6-7-16(19)18(21)17(14)20;9-8-5-6-2-1-3-7-4-6;1-2/h2-7,9H,1,8,23H2;1-4,8-9H,5H2;1H3/b4-2+;;. The highest BCUT2D eigenvalue weighted by Crippen LogP contribution is 2.20. The van der Waals surface area contributed by atoms with E-state index in [0.29, 0.717) is 29.6 Å². The van der Waals surface area contributed by atoms with Crippen molar-refractivity contribution in [1.29, 1.82) is 5.26 Å². The van der Waals surface area contributed by atoms with Gasteiger partial charge in [-0.25, -0.2) is 13.2 Å². The van der Waals surface area contributed by atoms with Gasteiger partial charge < -0.3 is 5.73 Å². The van der Waals surface area contributed by atoms with Crippen molar-refractivity contribution in [3.05, 3.63) is 118 Å². The smallest absolute Gasteiger partial charge is 0.194 e. The molecule has 0 saturated heterocycles. The van der Waals surface area contributed by atoms with Crippen LogP contribution in [0, 0.1) is 28.8 Å². The van der Waals surface area contributed by atoms with Gasteiger partial charge in [-0.3, -0.25) is 14.1 Å². The molecule has 0 spiro atoms. The number of rotatable bonds is 6. The number of thiol groups is 1. The zero-order valence-corrected chi connectivity index (χ0v) is 19.3. The van der Waals surface area contributed by atoms with E-state index in [1.54, 1.807) is 36.5 Å². The first-order chi connectivity index (χ1) is 16.3. The second-order valence-corrected chi connectivity index (χ2v) is 6.97. The summed E-state index contributed by atoms with van der Waals surface area (Å²) in [6.07, 6.45) is 6.81. The predicted molar refractivity (Wildman–Crippen MR) is 130 cm³/mol. The van der Waals surface area contributed by atoms with Gasteiger partial charge in [-0.2, -0.15) is 5.26 Å². The topological polar surface area (TPSA) is 74.7 Å². The molecule has 0 amide bonds. The lowest BCUT2D eigenvalue weighted by Crippen LogP contribution is -1.99. The van der Waals surface area contributed by atoms with Gasteiger partial charge in [0.1, 0.15) is 0 Å².